The van der Waals surface area contributed by atoms with Crippen LogP contribution in [0, 0.1) is 0 Å². The molecular weight excluding hydrogens is 427 g/mol. The Bertz CT molecular complexity index is 556. The van der Waals surface area contributed by atoms with E-state index in [0.717, 1.165) is 44.9 Å². The van der Waals surface area contributed by atoms with Crippen molar-refractivity contribution in [2.24, 2.45) is 4.99 Å². The molecule has 1 aromatic rings. The second kappa shape index (κ2) is 15.0. The van der Waals surface area contributed by atoms with E-state index in [-0.39, 0.29) is 29.5 Å². The largest absolute Gasteiger partial charge is 0.356 e. The van der Waals surface area contributed by atoms with Gasteiger partial charge in [-0.1, -0.05) is 18.6 Å². The van der Waals surface area contributed by atoms with Gasteiger partial charge in [0.05, 0.1) is 0 Å². The summed E-state index contributed by atoms with van der Waals surface area (Å²) in [5.41, 5.74) is 0.0671. The SMILES string of the molecule is C=CCCCCCN(C)C(=NC)NCCCCn1ccccc1=O.I. The minimum absolute atomic E-state index is 0. The van der Waals surface area contributed by atoms with Gasteiger partial charge in [-0.15, -0.1) is 30.6 Å². The molecule has 0 amide bonds. The van der Waals surface area contributed by atoms with Crippen LogP contribution in [0.15, 0.2) is 46.8 Å². The van der Waals surface area contributed by atoms with Crippen molar-refractivity contribution in [3.63, 3.8) is 0 Å². The van der Waals surface area contributed by atoms with E-state index >= 15 is 0 Å². The molecule has 0 bridgehead atoms. The predicted molar refractivity (Wildman–Crippen MR) is 118 cm³/mol. The van der Waals surface area contributed by atoms with Crippen LogP contribution in [0.5, 0.6) is 0 Å². The molecule has 0 aliphatic carbocycles. The molecule has 6 heteroatoms. The second-order valence-corrected chi connectivity index (χ2v) is 5.97. The summed E-state index contributed by atoms with van der Waals surface area (Å²) in [6, 6.07) is 5.27. The summed E-state index contributed by atoms with van der Waals surface area (Å²) in [5, 5.41) is 3.39. The fraction of sp³-hybridized carbons (Fsp3) is 0.579. The van der Waals surface area contributed by atoms with Gasteiger partial charge in [-0.2, -0.15) is 0 Å². The van der Waals surface area contributed by atoms with Crippen LogP contribution in [0.2, 0.25) is 0 Å². The number of nitrogens with one attached hydrogen (secondary N) is 1. The van der Waals surface area contributed by atoms with E-state index in [0.29, 0.717) is 0 Å². The molecule has 0 atom stereocenters. The molecule has 1 aromatic heterocycles. The summed E-state index contributed by atoms with van der Waals surface area (Å²) in [6.07, 6.45) is 10.5. The molecule has 142 valence electrons. The van der Waals surface area contributed by atoms with Gasteiger partial charge in [0.1, 0.15) is 0 Å². The van der Waals surface area contributed by atoms with Gasteiger partial charge in [0.25, 0.3) is 0 Å². The zero-order valence-corrected chi connectivity index (χ0v) is 17.9. The Balaban J connectivity index is 0.00000576. The van der Waals surface area contributed by atoms with Crippen LogP contribution >= 0.6 is 24.0 Å². The topological polar surface area (TPSA) is 49.6 Å². The third kappa shape index (κ3) is 10.3. The Hall–Kier alpha value is -1.31. The molecule has 25 heavy (non-hydrogen) atoms. The van der Waals surface area contributed by atoms with Crippen LogP contribution < -0.4 is 10.9 Å². The van der Waals surface area contributed by atoms with Gasteiger partial charge in [0.2, 0.25) is 5.56 Å². The molecular formula is C19H33IN4O. The molecule has 1 heterocycles. The summed E-state index contributed by atoms with van der Waals surface area (Å²) >= 11 is 0. The van der Waals surface area contributed by atoms with E-state index in [1.54, 1.807) is 16.7 Å². The van der Waals surface area contributed by atoms with Gasteiger partial charge in [0.15, 0.2) is 5.96 Å². The molecule has 1 N–H and O–H groups in total. The standard InChI is InChI=1S/C19H32N4O.HI/c1-4-5-6-7-10-15-22(3)19(20-2)21-14-9-12-17-23-16-11-8-13-18(23)24;/h4,8,11,13,16H,1,5-7,9-10,12,14-15,17H2,2-3H3,(H,20,21);1H. The Morgan fingerprint density at radius 3 is 2.76 bits per heavy atom. The van der Waals surface area contributed by atoms with Crippen molar-refractivity contribution in [1.29, 1.82) is 0 Å². The van der Waals surface area contributed by atoms with Crippen LogP contribution in [0.3, 0.4) is 0 Å². The molecule has 0 unspecified atom stereocenters. The molecule has 0 spiro atoms. The quantitative estimate of drug-likeness (QED) is 0.181. The summed E-state index contributed by atoms with van der Waals surface area (Å²) < 4.78 is 1.75. The number of aliphatic imine (C=N–C) groups is 1. The first-order valence-corrected chi connectivity index (χ1v) is 8.87. The number of hydrogen-bond donors (Lipinski definition) is 1. The zero-order valence-electron chi connectivity index (χ0n) is 15.6. The number of halogens is 1. The third-order valence-electron chi connectivity index (χ3n) is 3.98. The highest BCUT2D eigenvalue weighted by Gasteiger charge is 2.04. The second-order valence-electron chi connectivity index (χ2n) is 5.97. The highest BCUT2D eigenvalue weighted by atomic mass is 127. The Labute approximate surface area is 169 Å². The van der Waals surface area contributed by atoms with Crippen molar-refractivity contribution < 1.29 is 0 Å². The van der Waals surface area contributed by atoms with Crippen molar-refractivity contribution >= 4 is 29.9 Å². The normalized spacial score (nSPS) is 10.9. The number of guanidine groups is 1. The van der Waals surface area contributed by atoms with Crippen LogP contribution in [-0.2, 0) is 6.54 Å². The molecule has 0 radical (unpaired) electrons. The number of aromatic nitrogens is 1. The van der Waals surface area contributed by atoms with Crippen LogP contribution in [-0.4, -0.2) is 42.6 Å². The van der Waals surface area contributed by atoms with Gasteiger partial charge in [-0.3, -0.25) is 9.79 Å². The summed E-state index contributed by atoms with van der Waals surface area (Å²) in [7, 11) is 3.90. The summed E-state index contributed by atoms with van der Waals surface area (Å²) in [4.78, 5) is 18.1. The van der Waals surface area contributed by atoms with Crippen LogP contribution in [0.25, 0.3) is 0 Å². The van der Waals surface area contributed by atoms with Gasteiger partial charge in [-0.25, -0.2) is 0 Å². The maximum Gasteiger partial charge on any atom is 0.250 e. The highest BCUT2D eigenvalue weighted by molar-refractivity contribution is 14.0. The van der Waals surface area contributed by atoms with Crippen molar-refractivity contribution in [3.8, 4) is 0 Å². The summed E-state index contributed by atoms with van der Waals surface area (Å²) in [5.74, 6) is 0.940. The number of rotatable bonds is 11. The number of aryl methyl sites for hydroxylation is 1. The van der Waals surface area contributed by atoms with Crippen molar-refractivity contribution in [2.45, 2.75) is 45.1 Å². The first kappa shape index (κ1) is 23.7. The zero-order chi connectivity index (χ0) is 17.6. The number of unbranched alkanes of at least 4 members (excludes halogenated alkanes) is 4. The minimum Gasteiger partial charge on any atom is -0.356 e. The molecule has 1 rings (SSSR count). The summed E-state index contributed by atoms with van der Waals surface area (Å²) in [6.45, 7) is 6.39. The molecule has 0 saturated carbocycles. The predicted octanol–water partition coefficient (Wildman–Crippen LogP) is 3.50. The lowest BCUT2D eigenvalue weighted by atomic mass is 10.2. The maximum atomic E-state index is 11.6. The molecule has 0 fully saturated rings. The number of hydrogen-bond acceptors (Lipinski definition) is 2. The van der Waals surface area contributed by atoms with Crippen molar-refractivity contribution in [1.82, 2.24) is 14.8 Å². The fourth-order valence-corrected chi connectivity index (χ4v) is 2.56. The lowest BCUT2D eigenvalue weighted by Crippen LogP contribution is -2.39. The van der Waals surface area contributed by atoms with Gasteiger partial charge in [-0.05, 0) is 38.2 Å². The lowest BCUT2D eigenvalue weighted by Gasteiger charge is -2.22. The minimum atomic E-state index is 0. The van der Waals surface area contributed by atoms with E-state index in [4.69, 9.17) is 0 Å². The molecule has 0 aromatic carbocycles. The third-order valence-corrected chi connectivity index (χ3v) is 3.98. The Morgan fingerprint density at radius 1 is 1.28 bits per heavy atom. The van der Waals surface area contributed by atoms with Crippen LogP contribution in [0.1, 0.15) is 38.5 Å². The molecule has 0 aliphatic heterocycles. The van der Waals surface area contributed by atoms with E-state index in [9.17, 15) is 4.79 Å². The smallest absolute Gasteiger partial charge is 0.250 e. The Morgan fingerprint density at radius 2 is 2.08 bits per heavy atom. The first-order chi connectivity index (χ1) is 11.7. The van der Waals surface area contributed by atoms with Crippen molar-refractivity contribution in [3.05, 3.63) is 47.4 Å². The maximum absolute atomic E-state index is 11.6. The monoisotopic (exact) mass is 460 g/mol. The molecule has 5 nitrogen and oxygen atoms in total. The van der Waals surface area contributed by atoms with Gasteiger partial charge in [0, 0.05) is 46.0 Å². The fourth-order valence-electron chi connectivity index (χ4n) is 2.56. The molecule has 0 saturated heterocycles. The Kier molecular flexibility index (Phi) is 14.2. The van der Waals surface area contributed by atoms with Crippen LogP contribution in [0.4, 0.5) is 0 Å². The number of pyridine rings is 1. The first-order valence-electron chi connectivity index (χ1n) is 8.87. The average Bonchev–Trinajstić information content (AvgIpc) is 2.59. The number of nitrogens with zero attached hydrogens (tertiary/aromatic N) is 3. The number of allylic oxidation sites excluding steroid dienone is 1. The van der Waals surface area contributed by atoms with Crippen molar-refractivity contribution in [2.75, 3.05) is 27.2 Å². The highest BCUT2D eigenvalue weighted by Crippen LogP contribution is 2.01. The van der Waals surface area contributed by atoms with E-state index in [1.807, 2.05) is 25.4 Å². The van der Waals surface area contributed by atoms with E-state index in [2.05, 4.69) is 28.8 Å². The van der Waals surface area contributed by atoms with E-state index in [1.165, 1.54) is 19.3 Å². The van der Waals surface area contributed by atoms with Gasteiger partial charge >= 0.3 is 0 Å². The molecule has 0 aliphatic rings. The van der Waals surface area contributed by atoms with Gasteiger partial charge < -0.3 is 14.8 Å². The van der Waals surface area contributed by atoms with E-state index < -0.39 is 0 Å². The average molecular weight is 460 g/mol. The lowest BCUT2D eigenvalue weighted by molar-refractivity contribution is 0.453.